The second-order valence-electron chi connectivity index (χ2n) is 5.96. The summed E-state index contributed by atoms with van der Waals surface area (Å²) in [7, 11) is 0. The first kappa shape index (κ1) is 19.0. The first-order valence-electron chi connectivity index (χ1n) is 9.02. The molecule has 0 atom stereocenters. The van der Waals surface area contributed by atoms with Gasteiger partial charge in [-0.15, -0.1) is 0 Å². The Morgan fingerprint density at radius 1 is 0.632 bits per heavy atom. The lowest BCUT2D eigenvalue weighted by atomic mass is 10.0. The Kier molecular flexibility index (Phi) is 18.0. The summed E-state index contributed by atoms with van der Waals surface area (Å²) in [5.41, 5.74) is 0. The van der Waals surface area contributed by atoms with Gasteiger partial charge < -0.3 is 0 Å². The van der Waals surface area contributed by atoms with E-state index in [1.54, 1.807) is 0 Å². The SMILES string of the molecule is [CH2]CCCCCCCCCCCCCCC.[CH]1CC1. The van der Waals surface area contributed by atoms with Gasteiger partial charge in [-0.05, 0) is 19.3 Å². The van der Waals surface area contributed by atoms with Crippen molar-refractivity contribution in [2.24, 2.45) is 0 Å². The monoisotopic (exact) mass is 266 g/mol. The number of hydrogen-bond donors (Lipinski definition) is 0. The van der Waals surface area contributed by atoms with E-state index in [0.717, 1.165) is 6.42 Å². The molecule has 0 unspecified atom stereocenters. The zero-order chi connectivity index (χ0) is 14.0. The van der Waals surface area contributed by atoms with Crippen LogP contribution in [0.2, 0.25) is 0 Å². The fraction of sp³-hybridized carbons (Fsp3) is 0.895. The van der Waals surface area contributed by atoms with E-state index in [4.69, 9.17) is 0 Å². The molecule has 19 heavy (non-hydrogen) atoms. The van der Waals surface area contributed by atoms with Gasteiger partial charge in [-0.1, -0.05) is 104 Å². The summed E-state index contributed by atoms with van der Waals surface area (Å²) < 4.78 is 0. The van der Waals surface area contributed by atoms with Crippen molar-refractivity contribution >= 4 is 0 Å². The molecule has 114 valence electrons. The minimum absolute atomic E-state index is 1.12. The first-order chi connectivity index (χ1) is 9.41. The van der Waals surface area contributed by atoms with Crippen LogP contribution in [0.5, 0.6) is 0 Å². The van der Waals surface area contributed by atoms with E-state index in [1.807, 2.05) is 0 Å². The van der Waals surface area contributed by atoms with Crippen LogP contribution in [0.3, 0.4) is 0 Å². The van der Waals surface area contributed by atoms with Crippen molar-refractivity contribution in [2.45, 2.75) is 110 Å². The lowest BCUT2D eigenvalue weighted by Crippen LogP contribution is -1.82. The molecule has 0 spiro atoms. The lowest BCUT2D eigenvalue weighted by Gasteiger charge is -2.02. The molecule has 0 aromatic carbocycles. The molecule has 2 radical (unpaired) electrons. The van der Waals surface area contributed by atoms with Crippen molar-refractivity contribution in [1.82, 2.24) is 0 Å². The molecule has 0 heterocycles. The summed E-state index contributed by atoms with van der Waals surface area (Å²) >= 11 is 0. The van der Waals surface area contributed by atoms with E-state index in [0.29, 0.717) is 0 Å². The first-order valence-corrected chi connectivity index (χ1v) is 9.02. The minimum atomic E-state index is 1.12. The fourth-order valence-electron chi connectivity index (χ4n) is 2.19. The van der Waals surface area contributed by atoms with Crippen molar-refractivity contribution in [3.05, 3.63) is 13.3 Å². The molecule has 0 bridgehead atoms. The van der Waals surface area contributed by atoms with E-state index in [2.05, 4.69) is 20.3 Å². The third-order valence-corrected chi connectivity index (χ3v) is 3.64. The Morgan fingerprint density at radius 2 is 0.947 bits per heavy atom. The number of unbranched alkanes of at least 4 members (excludes halogenated alkanes) is 13. The van der Waals surface area contributed by atoms with Crippen LogP contribution in [0.25, 0.3) is 0 Å². The largest absolute Gasteiger partial charge is 0.0654 e. The standard InChI is InChI=1S/C16H33.C3H5/c1-3-5-7-9-11-13-15-16-14-12-10-8-6-4-2;1-2-3-1/h1,3-16H2,2H3;1H,2-3H2. The Balaban J connectivity index is 0.000000934. The van der Waals surface area contributed by atoms with E-state index >= 15 is 0 Å². The average molecular weight is 267 g/mol. The maximum Gasteiger partial charge on any atom is -0.0386 e. The molecule has 0 aromatic heterocycles. The fourth-order valence-corrected chi connectivity index (χ4v) is 2.19. The highest BCUT2D eigenvalue weighted by Gasteiger charge is 1.96. The summed E-state index contributed by atoms with van der Waals surface area (Å²) in [6, 6.07) is 0. The van der Waals surface area contributed by atoms with Gasteiger partial charge in [0.2, 0.25) is 0 Å². The van der Waals surface area contributed by atoms with E-state index in [1.165, 1.54) is 96.3 Å². The molecule has 1 fully saturated rings. The molecule has 1 rings (SSSR count). The predicted octanol–water partition coefficient (Wildman–Crippen LogP) is 7.29. The van der Waals surface area contributed by atoms with Crippen molar-refractivity contribution in [2.75, 3.05) is 0 Å². The normalized spacial score (nSPS) is 12.9. The van der Waals surface area contributed by atoms with Crippen molar-refractivity contribution in [3.8, 4) is 0 Å². The highest BCUT2D eigenvalue weighted by atomic mass is 14.0. The molecule has 0 nitrogen and oxygen atoms in total. The quantitative estimate of drug-likeness (QED) is 0.307. The van der Waals surface area contributed by atoms with Gasteiger partial charge in [-0.3, -0.25) is 0 Å². The van der Waals surface area contributed by atoms with Crippen LogP contribution in [-0.4, -0.2) is 0 Å². The van der Waals surface area contributed by atoms with Gasteiger partial charge in [-0.2, -0.15) is 0 Å². The Labute approximate surface area is 123 Å². The van der Waals surface area contributed by atoms with Crippen LogP contribution in [-0.2, 0) is 0 Å². The third-order valence-electron chi connectivity index (χ3n) is 3.64. The van der Waals surface area contributed by atoms with Gasteiger partial charge in [0.25, 0.3) is 0 Å². The smallest absolute Gasteiger partial charge is 0.0386 e. The molecular formula is C19H38. The summed E-state index contributed by atoms with van der Waals surface area (Å²) in [5, 5.41) is 0. The van der Waals surface area contributed by atoms with Gasteiger partial charge in [0.1, 0.15) is 0 Å². The van der Waals surface area contributed by atoms with Crippen LogP contribution in [0.4, 0.5) is 0 Å². The molecule has 0 N–H and O–H groups in total. The van der Waals surface area contributed by atoms with Gasteiger partial charge in [0, 0.05) is 0 Å². The second kappa shape index (κ2) is 18.0. The van der Waals surface area contributed by atoms with Gasteiger partial charge >= 0.3 is 0 Å². The van der Waals surface area contributed by atoms with Crippen LogP contribution in [0.15, 0.2) is 0 Å². The van der Waals surface area contributed by atoms with E-state index in [9.17, 15) is 0 Å². The molecule has 0 amide bonds. The minimum Gasteiger partial charge on any atom is -0.0654 e. The van der Waals surface area contributed by atoms with E-state index in [-0.39, 0.29) is 0 Å². The Hall–Kier alpha value is 0. The summed E-state index contributed by atoms with van der Waals surface area (Å²) in [5.74, 6) is 0. The third kappa shape index (κ3) is 23.5. The summed E-state index contributed by atoms with van der Waals surface area (Å²) in [6.45, 7) is 6.16. The molecule has 1 aliphatic carbocycles. The molecule has 1 aliphatic rings. The molecule has 0 heteroatoms. The maximum absolute atomic E-state index is 3.87. The highest BCUT2D eigenvalue weighted by Crippen LogP contribution is 2.13. The average Bonchev–Trinajstić information content (AvgIpc) is 3.28. The van der Waals surface area contributed by atoms with Gasteiger partial charge in [0.05, 0.1) is 0 Å². The van der Waals surface area contributed by atoms with Crippen molar-refractivity contribution in [1.29, 1.82) is 0 Å². The summed E-state index contributed by atoms with van der Waals surface area (Å²) in [6.07, 6.45) is 24.8. The second-order valence-corrected chi connectivity index (χ2v) is 5.96. The highest BCUT2D eigenvalue weighted by molar-refractivity contribution is 4.79. The lowest BCUT2D eigenvalue weighted by molar-refractivity contribution is 0.540. The van der Waals surface area contributed by atoms with Crippen molar-refractivity contribution in [3.63, 3.8) is 0 Å². The molecule has 0 saturated heterocycles. The van der Waals surface area contributed by atoms with Crippen LogP contribution in [0.1, 0.15) is 110 Å². The topological polar surface area (TPSA) is 0 Å². The van der Waals surface area contributed by atoms with Crippen LogP contribution >= 0.6 is 0 Å². The molecule has 1 saturated carbocycles. The van der Waals surface area contributed by atoms with Crippen LogP contribution in [0, 0.1) is 13.3 Å². The zero-order valence-electron chi connectivity index (χ0n) is 13.6. The van der Waals surface area contributed by atoms with E-state index < -0.39 is 0 Å². The Bertz CT molecular complexity index is 120. The number of hydrogen-bond acceptors (Lipinski definition) is 0. The molecule has 0 aromatic rings. The van der Waals surface area contributed by atoms with Gasteiger partial charge in [-0.25, -0.2) is 0 Å². The van der Waals surface area contributed by atoms with Crippen molar-refractivity contribution < 1.29 is 0 Å². The summed E-state index contributed by atoms with van der Waals surface area (Å²) in [4.78, 5) is 0. The maximum atomic E-state index is 3.87. The van der Waals surface area contributed by atoms with Crippen LogP contribution < -0.4 is 0 Å². The molecular weight excluding hydrogens is 228 g/mol. The van der Waals surface area contributed by atoms with Gasteiger partial charge in [0.15, 0.2) is 0 Å². The predicted molar refractivity (Wildman–Crippen MR) is 89.2 cm³/mol. The molecule has 0 aliphatic heterocycles. The number of rotatable bonds is 13. The zero-order valence-corrected chi connectivity index (χ0v) is 13.6. The Morgan fingerprint density at radius 3 is 1.21 bits per heavy atom.